The number of hydrogen-bond donors (Lipinski definition) is 1. The van der Waals surface area contributed by atoms with Crippen molar-refractivity contribution in [3.8, 4) is 0 Å². The quantitative estimate of drug-likeness (QED) is 0.808. The highest BCUT2D eigenvalue weighted by molar-refractivity contribution is 5.03. The van der Waals surface area contributed by atoms with Gasteiger partial charge in [0.15, 0.2) is 0 Å². The molecule has 84 valence electrons. The minimum atomic E-state index is 0.657. The highest BCUT2D eigenvalue weighted by Crippen LogP contribution is 2.31. The maximum Gasteiger partial charge on any atom is 0.0957 e. The first kappa shape index (κ1) is 10.7. The molecule has 1 aromatic rings. The van der Waals surface area contributed by atoms with E-state index in [1.54, 1.807) is 12.5 Å². The zero-order valence-electron chi connectivity index (χ0n) is 9.02. The van der Waals surface area contributed by atoms with Crippen LogP contribution in [0.2, 0.25) is 0 Å². The van der Waals surface area contributed by atoms with Gasteiger partial charge in [-0.25, -0.2) is 0 Å². The minimum absolute atomic E-state index is 0.657. The van der Waals surface area contributed by atoms with Crippen molar-refractivity contribution in [2.45, 2.75) is 25.9 Å². The molecule has 2 atom stereocenters. The third kappa shape index (κ3) is 2.83. The molecule has 15 heavy (non-hydrogen) atoms. The second-order valence-corrected chi connectivity index (χ2v) is 4.33. The zero-order valence-corrected chi connectivity index (χ0v) is 9.02. The predicted octanol–water partition coefficient (Wildman–Crippen LogP) is 2.17. The lowest BCUT2D eigenvalue weighted by Gasteiger charge is -2.17. The molecule has 1 aromatic heterocycles. The molecule has 0 amide bonds. The Balaban J connectivity index is 1.69. The first-order valence-corrected chi connectivity index (χ1v) is 5.69. The highest BCUT2D eigenvalue weighted by atomic mass is 16.5. The van der Waals surface area contributed by atoms with Crippen molar-refractivity contribution in [1.82, 2.24) is 0 Å². The number of nitrogens with two attached hydrogens (primary N) is 1. The molecule has 2 unspecified atom stereocenters. The van der Waals surface area contributed by atoms with Crippen LogP contribution in [-0.4, -0.2) is 13.2 Å². The Kier molecular flexibility index (Phi) is 3.80. The van der Waals surface area contributed by atoms with Crippen molar-refractivity contribution in [3.05, 3.63) is 24.2 Å². The molecule has 1 saturated carbocycles. The van der Waals surface area contributed by atoms with E-state index in [1.807, 2.05) is 6.07 Å². The summed E-state index contributed by atoms with van der Waals surface area (Å²) in [6, 6.07) is 1.94. The molecule has 1 aliphatic rings. The summed E-state index contributed by atoms with van der Waals surface area (Å²) in [5.74, 6) is 1.34. The second-order valence-electron chi connectivity index (χ2n) is 4.33. The molecule has 0 aliphatic heterocycles. The lowest BCUT2D eigenvalue weighted by molar-refractivity contribution is 0.0751. The van der Waals surface area contributed by atoms with Crippen LogP contribution in [0.5, 0.6) is 0 Å². The van der Waals surface area contributed by atoms with Gasteiger partial charge < -0.3 is 14.9 Å². The Morgan fingerprint density at radius 2 is 2.27 bits per heavy atom. The van der Waals surface area contributed by atoms with Crippen LogP contribution in [0.3, 0.4) is 0 Å². The Hall–Kier alpha value is -0.800. The fraction of sp³-hybridized carbons (Fsp3) is 0.667. The Morgan fingerprint density at radius 3 is 3.00 bits per heavy atom. The van der Waals surface area contributed by atoms with Crippen LogP contribution in [-0.2, 0) is 11.3 Å². The largest absolute Gasteiger partial charge is 0.472 e. The summed E-state index contributed by atoms with van der Waals surface area (Å²) in [5.41, 5.74) is 6.83. The van der Waals surface area contributed by atoms with E-state index in [4.69, 9.17) is 14.9 Å². The standard InChI is InChI=1S/C12H19NO2/c13-6-11-2-1-3-12(11)9-15-8-10-4-5-14-7-10/h4-5,7,11-12H,1-3,6,8-9,13H2. The van der Waals surface area contributed by atoms with Gasteiger partial charge in [0.05, 0.1) is 25.7 Å². The number of furan rings is 1. The molecule has 0 radical (unpaired) electrons. The van der Waals surface area contributed by atoms with E-state index in [9.17, 15) is 0 Å². The van der Waals surface area contributed by atoms with Crippen molar-refractivity contribution in [2.75, 3.05) is 13.2 Å². The van der Waals surface area contributed by atoms with E-state index < -0.39 is 0 Å². The number of ether oxygens (including phenoxy) is 1. The summed E-state index contributed by atoms with van der Waals surface area (Å²) >= 11 is 0. The molecular weight excluding hydrogens is 190 g/mol. The van der Waals surface area contributed by atoms with E-state index in [1.165, 1.54) is 19.3 Å². The van der Waals surface area contributed by atoms with Crippen LogP contribution in [0.15, 0.2) is 23.0 Å². The van der Waals surface area contributed by atoms with Gasteiger partial charge in [-0.3, -0.25) is 0 Å². The van der Waals surface area contributed by atoms with Crippen molar-refractivity contribution in [2.24, 2.45) is 17.6 Å². The first-order chi connectivity index (χ1) is 7.40. The lowest BCUT2D eigenvalue weighted by Crippen LogP contribution is -2.22. The van der Waals surface area contributed by atoms with Gasteiger partial charge in [0.2, 0.25) is 0 Å². The summed E-state index contributed by atoms with van der Waals surface area (Å²) in [6.45, 7) is 2.30. The monoisotopic (exact) mass is 209 g/mol. The molecule has 2 rings (SSSR count). The van der Waals surface area contributed by atoms with Gasteiger partial charge in [-0.05, 0) is 37.3 Å². The van der Waals surface area contributed by atoms with Crippen LogP contribution >= 0.6 is 0 Å². The third-order valence-corrected chi connectivity index (χ3v) is 3.30. The van der Waals surface area contributed by atoms with Crippen LogP contribution in [0.4, 0.5) is 0 Å². The Bertz CT molecular complexity index is 271. The topological polar surface area (TPSA) is 48.4 Å². The number of rotatable bonds is 5. The van der Waals surface area contributed by atoms with Gasteiger partial charge in [0.1, 0.15) is 0 Å². The van der Waals surface area contributed by atoms with E-state index in [-0.39, 0.29) is 0 Å². The predicted molar refractivity (Wildman–Crippen MR) is 58.2 cm³/mol. The Morgan fingerprint density at radius 1 is 1.40 bits per heavy atom. The van der Waals surface area contributed by atoms with Gasteiger partial charge in [-0.2, -0.15) is 0 Å². The molecule has 0 spiro atoms. The third-order valence-electron chi connectivity index (χ3n) is 3.30. The van der Waals surface area contributed by atoms with Crippen LogP contribution < -0.4 is 5.73 Å². The van der Waals surface area contributed by atoms with Crippen LogP contribution in [0.1, 0.15) is 24.8 Å². The van der Waals surface area contributed by atoms with E-state index >= 15 is 0 Å². The Labute approximate surface area is 90.6 Å². The number of hydrogen-bond acceptors (Lipinski definition) is 3. The van der Waals surface area contributed by atoms with Gasteiger partial charge in [0.25, 0.3) is 0 Å². The van der Waals surface area contributed by atoms with E-state index in [0.29, 0.717) is 18.4 Å². The van der Waals surface area contributed by atoms with Crippen LogP contribution in [0, 0.1) is 11.8 Å². The van der Waals surface area contributed by atoms with Gasteiger partial charge in [0, 0.05) is 5.56 Å². The average Bonchev–Trinajstić information content (AvgIpc) is 2.88. The fourth-order valence-corrected chi connectivity index (χ4v) is 2.35. The molecule has 0 aromatic carbocycles. The molecule has 1 fully saturated rings. The van der Waals surface area contributed by atoms with Crippen molar-refractivity contribution >= 4 is 0 Å². The SMILES string of the molecule is NCC1CCCC1COCc1ccoc1. The normalized spacial score (nSPS) is 25.9. The highest BCUT2D eigenvalue weighted by Gasteiger charge is 2.25. The summed E-state index contributed by atoms with van der Waals surface area (Å²) in [7, 11) is 0. The molecule has 2 N–H and O–H groups in total. The summed E-state index contributed by atoms with van der Waals surface area (Å²) in [4.78, 5) is 0. The second kappa shape index (κ2) is 5.33. The summed E-state index contributed by atoms with van der Waals surface area (Å²) < 4.78 is 10.7. The summed E-state index contributed by atoms with van der Waals surface area (Å²) in [6.07, 6.45) is 7.26. The van der Waals surface area contributed by atoms with Crippen molar-refractivity contribution in [1.29, 1.82) is 0 Å². The smallest absolute Gasteiger partial charge is 0.0957 e. The first-order valence-electron chi connectivity index (χ1n) is 5.69. The molecular formula is C12H19NO2. The average molecular weight is 209 g/mol. The van der Waals surface area contributed by atoms with E-state index in [0.717, 1.165) is 18.7 Å². The maximum absolute atomic E-state index is 5.72. The fourth-order valence-electron chi connectivity index (χ4n) is 2.35. The van der Waals surface area contributed by atoms with Gasteiger partial charge in [-0.15, -0.1) is 0 Å². The molecule has 1 heterocycles. The van der Waals surface area contributed by atoms with Gasteiger partial charge in [-0.1, -0.05) is 6.42 Å². The molecule has 1 aliphatic carbocycles. The van der Waals surface area contributed by atoms with Crippen LogP contribution in [0.25, 0.3) is 0 Å². The lowest BCUT2D eigenvalue weighted by atomic mass is 9.97. The minimum Gasteiger partial charge on any atom is -0.472 e. The zero-order chi connectivity index (χ0) is 10.5. The maximum atomic E-state index is 5.72. The van der Waals surface area contributed by atoms with Gasteiger partial charge >= 0.3 is 0 Å². The molecule has 0 saturated heterocycles. The molecule has 3 heteroatoms. The summed E-state index contributed by atoms with van der Waals surface area (Å²) in [5, 5.41) is 0. The van der Waals surface area contributed by atoms with Crippen molar-refractivity contribution in [3.63, 3.8) is 0 Å². The molecule has 0 bridgehead atoms. The van der Waals surface area contributed by atoms with Crippen molar-refractivity contribution < 1.29 is 9.15 Å². The van der Waals surface area contributed by atoms with E-state index in [2.05, 4.69) is 0 Å². The molecule has 3 nitrogen and oxygen atoms in total.